The molecule has 30 heavy (non-hydrogen) atoms. The lowest BCUT2D eigenvalue weighted by atomic mass is 10.1. The van der Waals surface area contributed by atoms with Crippen molar-refractivity contribution in [2.45, 2.75) is 6.92 Å². The Balaban J connectivity index is 1.55. The smallest absolute Gasteiger partial charge is 0.249 e. The molecule has 7 heteroatoms. The van der Waals surface area contributed by atoms with Gasteiger partial charge in [0.2, 0.25) is 11.8 Å². The van der Waals surface area contributed by atoms with Crippen LogP contribution in [0.25, 0.3) is 21.9 Å². The number of hydrogen-bond acceptors (Lipinski definition) is 5. The van der Waals surface area contributed by atoms with Crippen LogP contribution in [0, 0.1) is 6.92 Å². The zero-order valence-electron chi connectivity index (χ0n) is 16.6. The number of ether oxygens (including phenoxy) is 1. The summed E-state index contributed by atoms with van der Waals surface area (Å²) in [6.07, 6.45) is 0. The van der Waals surface area contributed by atoms with Crippen molar-refractivity contribution < 1.29 is 18.7 Å². The number of primary amides is 1. The van der Waals surface area contributed by atoms with Crippen molar-refractivity contribution in [3.63, 3.8) is 0 Å². The van der Waals surface area contributed by atoms with Crippen molar-refractivity contribution in [1.82, 2.24) is 0 Å². The highest BCUT2D eigenvalue weighted by Crippen LogP contribution is 2.36. The Hall–Kier alpha value is -4.00. The van der Waals surface area contributed by atoms with Crippen molar-refractivity contribution >= 4 is 45.1 Å². The number of furan rings is 1. The maximum absolute atomic E-state index is 12.5. The van der Waals surface area contributed by atoms with Crippen molar-refractivity contribution in [3.05, 3.63) is 65.7 Å². The van der Waals surface area contributed by atoms with E-state index >= 15 is 0 Å². The second kappa shape index (κ2) is 7.79. The summed E-state index contributed by atoms with van der Waals surface area (Å²) in [6.45, 7) is 1.78. The number of methoxy groups -OCH3 is 1. The number of nitrogens with one attached hydrogen (secondary N) is 2. The number of fused-ring (bicyclic) bond motifs is 3. The molecule has 7 nitrogen and oxygen atoms in total. The fourth-order valence-corrected chi connectivity index (χ4v) is 3.48. The lowest BCUT2D eigenvalue weighted by Gasteiger charge is -2.13. The van der Waals surface area contributed by atoms with Crippen LogP contribution in [0.15, 0.2) is 59.0 Å². The summed E-state index contributed by atoms with van der Waals surface area (Å²) in [5, 5.41) is 7.78. The quantitative estimate of drug-likeness (QED) is 0.450. The first-order chi connectivity index (χ1) is 14.5. The first-order valence-electron chi connectivity index (χ1n) is 9.40. The molecule has 3 aromatic carbocycles. The Kier molecular flexibility index (Phi) is 5.02. The Labute approximate surface area is 172 Å². The molecule has 0 spiro atoms. The molecule has 4 rings (SSSR count). The van der Waals surface area contributed by atoms with Gasteiger partial charge >= 0.3 is 0 Å². The van der Waals surface area contributed by atoms with Gasteiger partial charge < -0.3 is 25.5 Å². The third kappa shape index (κ3) is 3.53. The van der Waals surface area contributed by atoms with E-state index in [2.05, 4.69) is 10.6 Å². The standard InChI is InChI=1S/C23H21N3O4/c1-13-14(23(24)28)7-5-8-17(13)25-12-22(27)26-18-11-20-16(10-21(18)29-2)15-6-3-4-9-19(15)30-20/h3-11,25H,12H2,1-2H3,(H2,24,28)(H,26,27). The molecule has 0 aliphatic heterocycles. The Bertz CT molecular complexity index is 1280. The molecule has 2 amide bonds. The van der Waals surface area contributed by atoms with Crippen LogP contribution in [0.4, 0.5) is 11.4 Å². The van der Waals surface area contributed by atoms with E-state index < -0.39 is 5.91 Å². The number of carbonyl (C=O) groups is 2. The number of nitrogens with two attached hydrogens (primary N) is 1. The number of amides is 2. The summed E-state index contributed by atoms with van der Waals surface area (Å²) in [5.74, 6) is -0.244. The number of carbonyl (C=O) groups excluding carboxylic acids is 2. The third-order valence-corrected chi connectivity index (χ3v) is 5.01. The number of hydrogen-bond donors (Lipinski definition) is 3. The van der Waals surface area contributed by atoms with Crippen molar-refractivity contribution in [1.29, 1.82) is 0 Å². The van der Waals surface area contributed by atoms with E-state index in [9.17, 15) is 9.59 Å². The largest absolute Gasteiger partial charge is 0.495 e. The van der Waals surface area contributed by atoms with Gasteiger partial charge in [-0.15, -0.1) is 0 Å². The minimum atomic E-state index is -0.510. The van der Waals surface area contributed by atoms with Gasteiger partial charge in [-0.05, 0) is 36.8 Å². The summed E-state index contributed by atoms with van der Waals surface area (Å²) < 4.78 is 11.4. The molecule has 0 unspecified atom stereocenters. The van der Waals surface area contributed by atoms with Crippen molar-refractivity contribution in [2.75, 3.05) is 24.3 Å². The van der Waals surface area contributed by atoms with Gasteiger partial charge in [-0.3, -0.25) is 9.59 Å². The first kappa shape index (κ1) is 19.3. The van der Waals surface area contributed by atoms with Gasteiger partial charge in [-0.1, -0.05) is 24.3 Å². The normalized spacial score (nSPS) is 10.9. The van der Waals surface area contributed by atoms with E-state index in [0.717, 1.165) is 16.4 Å². The maximum Gasteiger partial charge on any atom is 0.249 e. The Morgan fingerprint density at radius 2 is 1.80 bits per heavy atom. The van der Waals surface area contributed by atoms with Crippen LogP contribution in [-0.4, -0.2) is 25.5 Å². The van der Waals surface area contributed by atoms with Gasteiger partial charge in [0.05, 0.1) is 19.3 Å². The zero-order chi connectivity index (χ0) is 21.3. The van der Waals surface area contributed by atoms with E-state index in [-0.39, 0.29) is 12.5 Å². The fraction of sp³-hybridized carbons (Fsp3) is 0.130. The highest BCUT2D eigenvalue weighted by Gasteiger charge is 2.15. The van der Waals surface area contributed by atoms with Crippen LogP contribution in [0.3, 0.4) is 0 Å². The predicted molar refractivity (Wildman–Crippen MR) is 117 cm³/mol. The lowest BCUT2D eigenvalue weighted by Crippen LogP contribution is -2.23. The summed E-state index contributed by atoms with van der Waals surface area (Å²) in [5.41, 5.74) is 9.09. The summed E-state index contributed by atoms with van der Waals surface area (Å²) in [6, 6.07) is 16.5. The van der Waals surface area contributed by atoms with Gasteiger partial charge in [0.1, 0.15) is 16.9 Å². The van der Waals surface area contributed by atoms with Crippen molar-refractivity contribution in [3.8, 4) is 5.75 Å². The van der Waals surface area contributed by atoms with E-state index in [4.69, 9.17) is 14.9 Å². The van der Waals surface area contributed by atoms with E-state index in [1.54, 1.807) is 38.3 Å². The number of benzene rings is 3. The van der Waals surface area contributed by atoms with E-state index in [1.807, 2.05) is 30.3 Å². The minimum absolute atomic E-state index is 0.00434. The molecule has 0 atom stereocenters. The molecular weight excluding hydrogens is 382 g/mol. The van der Waals surface area contributed by atoms with Gasteiger partial charge in [-0.2, -0.15) is 0 Å². The number of rotatable bonds is 6. The molecule has 0 radical (unpaired) electrons. The highest BCUT2D eigenvalue weighted by molar-refractivity contribution is 6.08. The van der Waals surface area contributed by atoms with Crippen molar-refractivity contribution in [2.24, 2.45) is 5.73 Å². The van der Waals surface area contributed by atoms with Gasteiger partial charge in [0.15, 0.2) is 0 Å². The molecule has 1 heterocycles. The average Bonchev–Trinajstić information content (AvgIpc) is 3.09. The fourth-order valence-electron chi connectivity index (χ4n) is 3.48. The molecule has 0 bridgehead atoms. The number of para-hydroxylation sites is 1. The summed E-state index contributed by atoms with van der Waals surface area (Å²) in [7, 11) is 1.55. The van der Waals surface area contributed by atoms with Crippen LogP contribution < -0.4 is 21.1 Å². The molecule has 0 saturated heterocycles. The van der Waals surface area contributed by atoms with E-state index in [1.165, 1.54) is 0 Å². The number of anilines is 2. The molecule has 1 aromatic heterocycles. The molecule has 4 N–H and O–H groups in total. The lowest BCUT2D eigenvalue weighted by molar-refractivity contribution is -0.114. The monoisotopic (exact) mass is 403 g/mol. The Morgan fingerprint density at radius 3 is 2.57 bits per heavy atom. The molecule has 0 aliphatic carbocycles. The highest BCUT2D eigenvalue weighted by atomic mass is 16.5. The second-order valence-corrected chi connectivity index (χ2v) is 6.89. The van der Waals surface area contributed by atoms with E-state index in [0.29, 0.717) is 33.8 Å². The maximum atomic E-state index is 12.5. The predicted octanol–water partition coefficient (Wildman–Crippen LogP) is 4.05. The Morgan fingerprint density at radius 1 is 1.00 bits per heavy atom. The topological polar surface area (TPSA) is 107 Å². The van der Waals surface area contributed by atoms with Gasteiger partial charge in [0, 0.05) is 28.1 Å². The second-order valence-electron chi connectivity index (χ2n) is 6.89. The van der Waals surface area contributed by atoms with Crippen LogP contribution in [0.5, 0.6) is 5.75 Å². The third-order valence-electron chi connectivity index (χ3n) is 5.01. The molecular formula is C23H21N3O4. The summed E-state index contributed by atoms with van der Waals surface area (Å²) in [4.78, 5) is 24.0. The minimum Gasteiger partial charge on any atom is -0.495 e. The molecule has 4 aromatic rings. The molecule has 0 saturated carbocycles. The van der Waals surface area contributed by atoms with Crippen LogP contribution in [0.1, 0.15) is 15.9 Å². The molecule has 0 fully saturated rings. The molecule has 152 valence electrons. The average molecular weight is 403 g/mol. The van der Waals surface area contributed by atoms with Gasteiger partial charge in [-0.25, -0.2) is 0 Å². The van der Waals surface area contributed by atoms with Crippen LogP contribution >= 0.6 is 0 Å². The van der Waals surface area contributed by atoms with Gasteiger partial charge in [0.25, 0.3) is 0 Å². The first-order valence-corrected chi connectivity index (χ1v) is 9.40. The SMILES string of the molecule is COc1cc2c(cc1NC(=O)CNc1cccc(C(N)=O)c1C)oc1ccccc12. The van der Waals surface area contributed by atoms with Crippen LogP contribution in [-0.2, 0) is 4.79 Å². The molecule has 0 aliphatic rings. The summed E-state index contributed by atoms with van der Waals surface area (Å²) >= 11 is 0. The van der Waals surface area contributed by atoms with Crippen LogP contribution in [0.2, 0.25) is 0 Å². The zero-order valence-corrected chi connectivity index (χ0v) is 16.6.